The molecule has 1 radical (unpaired) electrons. The molecule has 1 aromatic heterocycles. The van der Waals surface area contributed by atoms with Crippen LogP contribution in [0.15, 0.2) is 28.7 Å². The molecule has 1 heterocycles. The van der Waals surface area contributed by atoms with Crippen LogP contribution in [0.3, 0.4) is 0 Å². The van der Waals surface area contributed by atoms with Gasteiger partial charge in [-0.25, -0.2) is 0 Å². The zero-order valence-corrected chi connectivity index (χ0v) is 5.16. The van der Waals surface area contributed by atoms with Gasteiger partial charge in [0.2, 0.25) is 0 Å². The van der Waals surface area contributed by atoms with Gasteiger partial charge in [0, 0.05) is 11.5 Å². The monoisotopic (exact) mass is 133 g/mol. The lowest BCUT2D eigenvalue weighted by atomic mass is 10.3. The van der Waals surface area contributed by atoms with E-state index in [1.807, 2.05) is 0 Å². The molecular formula is C8H5O2. The van der Waals surface area contributed by atoms with Crippen LogP contribution in [0.4, 0.5) is 0 Å². The molecule has 0 atom stereocenters. The number of aromatic hydroxyl groups is 1. The highest BCUT2D eigenvalue weighted by molar-refractivity contribution is 5.78. The van der Waals surface area contributed by atoms with Crippen LogP contribution < -0.4 is 0 Å². The van der Waals surface area contributed by atoms with Crippen molar-refractivity contribution in [1.29, 1.82) is 0 Å². The van der Waals surface area contributed by atoms with Gasteiger partial charge in [-0.15, -0.1) is 0 Å². The summed E-state index contributed by atoms with van der Waals surface area (Å²) in [5, 5.41) is 9.75. The largest absolute Gasteiger partial charge is 0.481 e. The van der Waals surface area contributed by atoms with E-state index in [0.29, 0.717) is 5.58 Å². The van der Waals surface area contributed by atoms with Crippen molar-refractivity contribution in [1.82, 2.24) is 0 Å². The third-order valence-electron chi connectivity index (χ3n) is 1.35. The van der Waals surface area contributed by atoms with E-state index in [1.165, 1.54) is 0 Å². The van der Waals surface area contributed by atoms with Crippen LogP contribution in [0.2, 0.25) is 0 Å². The Hall–Kier alpha value is -1.44. The van der Waals surface area contributed by atoms with Gasteiger partial charge < -0.3 is 9.52 Å². The minimum Gasteiger partial charge on any atom is -0.481 e. The fraction of sp³-hybridized carbons (Fsp3) is 0. The molecule has 0 spiro atoms. The highest BCUT2D eigenvalue weighted by Crippen LogP contribution is 2.22. The van der Waals surface area contributed by atoms with Crippen LogP contribution in [0.5, 0.6) is 5.95 Å². The molecule has 1 aromatic carbocycles. The predicted molar refractivity (Wildman–Crippen MR) is 36.7 cm³/mol. The molecule has 2 aromatic rings. The molecule has 0 aliphatic carbocycles. The minimum absolute atomic E-state index is 0.0467. The Morgan fingerprint density at radius 3 is 3.20 bits per heavy atom. The standard InChI is InChI=1S/C8H5O2/c9-8-5-6-3-1-2-4-7(6)10-8/h2-5,9H. The van der Waals surface area contributed by atoms with Crippen LogP contribution >= 0.6 is 0 Å². The molecule has 2 nitrogen and oxygen atoms in total. The number of hydrogen-bond acceptors (Lipinski definition) is 2. The number of benzene rings is 1. The Kier molecular flexibility index (Phi) is 0.947. The van der Waals surface area contributed by atoms with Crippen molar-refractivity contribution in [2.75, 3.05) is 0 Å². The Morgan fingerprint density at radius 1 is 1.50 bits per heavy atom. The maximum absolute atomic E-state index is 8.88. The van der Waals surface area contributed by atoms with E-state index in [1.54, 1.807) is 24.3 Å². The first-order chi connectivity index (χ1) is 4.86. The zero-order valence-electron chi connectivity index (χ0n) is 5.16. The lowest BCUT2D eigenvalue weighted by molar-refractivity contribution is 0.346. The summed E-state index contributed by atoms with van der Waals surface area (Å²) in [6.07, 6.45) is 0. The molecule has 0 saturated carbocycles. The Bertz CT molecular complexity index is 316. The third-order valence-corrected chi connectivity index (χ3v) is 1.35. The molecule has 2 heteroatoms. The molecule has 0 amide bonds. The highest BCUT2D eigenvalue weighted by Gasteiger charge is 1.97. The van der Waals surface area contributed by atoms with E-state index in [2.05, 4.69) is 6.07 Å². The van der Waals surface area contributed by atoms with Crippen molar-refractivity contribution >= 4 is 11.0 Å². The summed E-state index contributed by atoms with van der Waals surface area (Å²) in [5.74, 6) is -0.0467. The fourth-order valence-corrected chi connectivity index (χ4v) is 0.910. The first-order valence-electron chi connectivity index (χ1n) is 2.95. The number of rotatable bonds is 0. The molecule has 0 unspecified atom stereocenters. The van der Waals surface area contributed by atoms with Crippen molar-refractivity contribution in [2.45, 2.75) is 0 Å². The highest BCUT2D eigenvalue weighted by atomic mass is 16.5. The second-order valence-electron chi connectivity index (χ2n) is 2.05. The molecule has 0 saturated heterocycles. The molecule has 49 valence electrons. The maximum Gasteiger partial charge on any atom is 0.282 e. The first-order valence-corrected chi connectivity index (χ1v) is 2.95. The van der Waals surface area contributed by atoms with E-state index in [-0.39, 0.29) is 5.95 Å². The summed E-state index contributed by atoms with van der Waals surface area (Å²) in [4.78, 5) is 0. The lowest BCUT2D eigenvalue weighted by Gasteiger charge is -1.80. The first kappa shape index (κ1) is 5.35. The summed E-state index contributed by atoms with van der Waals surface area (Å²) in [5.41, 5.74) is 0.691. The van der Waals surface area contributed by atoms with Crippen LogP contribution in [0.25, 0.3) is 11.0 Å². The number of fused-ring (bicyclic) bond motifs is 1. The van der Waals surface area contributed by atoms with Crippen LogP contribution in [0, 0.1) is 6.07 Å². The molecule has 0 aliphatic heterocycles. The summed E-state index contributed by atoms with van der Waals surface area (Å²) in [6, 6.07) is 9.70. The Labute approximate surface area is 57.7 Å². The van der Waals surface area contributed by atoms with Crippen molar-refractivity contribution in [2.24, 2.45) is 0 Å². The third kappa shape index (κ3) is 0.658. The SMILES string of the molecule is Oc1cc2c[c]ccc2o1. The van der Waals surface area contributed by atoms with Crippen molar-refractivity contribution in [3.8, 4) is 5.95 Å². The molecule has 0 bridgehead atoms. The average Bonchev–Trinajstić information content (AvgIpc) is 2.27. The van der Waals surface area contributed by atoms with Crippen molar-refractivity contribution in [3.63, 3.8) is 0 Å². The smallest absolute Gasteiger partial charge is 0.282 e. The second kappa shape index (κ2) is 1.77. The van der Waals surface area contributed by atoms with Gasteiger partial charge in [0.15, 0.2) is 0 Å². The van der Waals surface area contributed by atoms with Crippen LogP contribution in [0.1, 0.15) is 0 Å². The van der Waals surface area contributed by atoms with E-state index in [4.69, 9.17) is 9.52 Å². The van der Waals surface area contributed by atoms with Gasteiger partial charge in [0.25, 0.3) is 5.95 Å². The minimum atomic E-state index is -0.0467. The lowest BCUT2D eigenvalue weighted by Crippen LogP contribution is -1.58. The molecular weight excluding hydrogens is 128 g/mol. The molecule has 0 aliphatic rings. The van der Waals surface area contributed by atoms with Gasteiger partial charge in [0.1, 0.15) is 5.58 Å². The van der Waals surface area contributed by atoms with E-state index in [0.717, 1.165) is 5.39 Å². The maximum atomic E-state index is 8.88. The van der Waals surface area contributed by atoms with Gasteiger partial charge in [0.05, 0.1) is 0 Å². The topological polar surface area (TPSA) is 33.4 Å². The quantitative estimate of drug-likeness (QED) is 0.595. The molecule has 10 heavy (non-hydrogen) atoms. The summed E-state index contributed by atoms with van der Waals surface area (Å²) in [7, 11) is 0. The summed E-state index contributed by atoms with van der Waals surface area (Å²) in [6.45, 7) is 0. The normalized spacial score (nSPS) is 10.4. The average molecular weight is 133 g/mol. The fourth-order valence-electron chi connectivity index (χ4n) is 0.910. The molecule has 0 fully saturated rings. The molecule has 2 rings (SSSR count). The van der Waals surface area contributed by atoms with E-state index < -0.39 is 0 Å². The van der Waals surface area contributed by atoms with Gasteiger partial charge >= 0.3 is 0 Å². The second-order valence-corrected chi connectivity index (χ2v) is 2.05. The van der Waals surface area contributed by atoms with Gasteiger partial charge in [-0.05, 0) is 18.2 Å². The van der Waals surface area contributed by atoms with Gasteiger partial charge in [-0.3, -0.25) is 0 Å². The van der Waals surface area contributed by atoms with Crippen molar-refractivity contribution < 1.29 is 9.52 Å². The predicted octanol–water partition coefficient (Wildman–Crippen LogP) is 1.94. The van der Waals surface area contributed by atoms with E-state index in [9.17, 15) is 0 Å². The number of furan rings is 1. The van der Waals surface area contributed by atoms with E-state index >= 15 is 0 Å². The number of hydrogen-bond donors (Lipinski definition) is 1. The summed E-state index contributed by atoms with van der Waals surface area (Å²) >= 11 is 0. The van der Waals surface area contributed by atoms with Crippen LogP contribution in [-0.4, -0.2) is 5.11 Å². The van der Waals surface area contributed by atoms with Crippen molar-refractivity contribution in [3.05, 3.63) is 30.3 Å². The zero-order chi connectivity index (χ0) is 6.97. The Morgan fingerprint density at radius 2 is 2.40 bits per heavy atom. The van der Waals surface area contributed by atoms with Gasteiger partial charge in [-0.1, -0.05) is 6.07 Å². The van der Waals surface area contributed by atoms with Crippen LogP contribution in [-0.2, 0) is 0 Å². The molecule has 1 N–H and O–H groups in total. The Balaban J connectivity index is 2.88. The summed E-state index contributed by atoms with van der Waals surface area (Å²) < 4.78 is 4.90. The van der Waals surface area contributed by atoms with Gasteiger partial charge in [-0.2, -0.15) is 0 Å².